The largest absolute Gasteiger partial charge is 0.616 e. The monoisotopic (exact) mass is 213 g/mol. The molecule has 1 aliphatic rings. The summed E-state index contributed by atoms with van der Waals surface area (Å²) in [4.78, 5) is 0.120. The molecule has 0 aliphatic carbocycles. The predicted molar refractivity (Wildman–Crippen MR) is 51.6 cm³/mol. The second kappa shape index (κ2) is 3.05. The van der Waals surface area contributed by atoms with Crippen molar-refractivity contribution < 1.29 is 12.5 Å². The molecule has 1 saturated heterocycles. The van der Waals surface area contributed by atoms with E-state index in [1.165, 1.54) is 12.1 Å². The van der Waals surface area contributed by atoms with E-state index in [1.807, 2.05) is 0 Å². The van der Waals surface area contributed by atoms with Crippen LogP contribution in [-0.2, 0) is 10.0 Å². The van der Waals surface area contributed by atoms with E-state index < -0.39 is 14.1 Å². The lowest BCUT2D eigenvalue weighted by molar-refractivity contribution is -0.797. The standard InChI is InChI=1S/C9H11NO3S/c11-10(7-4-8-10)14(12,13)9-5-2-1-3-6-9/h1-3,5-6H,4,7-8H2. The fourth-order valence-corrected chi connectivity index (χ4v) is 3.07. The highest BCUT2D eigenvalue weighted by Gasteiger charge is 2.40. The molecule has 1 heterocycles. The Morgan fingerprint density at radius 3 is 2.14 bits per heavy atom. The molecule has 0 aromatic heterocycles. The Morgan fingerprint density at radius 2 is 1.71 bits per heavy atom. The lowest BCUT2D eigenvalue weighted by Gasteiger charge is -2.46. The maximum Gasteiger partial charge on any atom is 0.327 e. The fraction of sp³-hybridized carbons (Fsp3) is 0.333. The third-order valence-electron chi connectivity index (χ3n) is 2.48. The minimum Gasteiger partial charge on any atom is -0.616 e. The zero-order valence-corrected chi connectivity index (χ0v) is 8.40. The first-order valence-electron chi connectivity index (χ1n) is 4.45. The number of quaternary nitrogens is 1. The highest BCUT2D eigenvalue weighted by Crippen LogP contribution is 2.29. The van der Waals surface area contributed by atoms with Gasteiger partial charge in [0.15, 0.2) is 0 Å². The first-order chi connectivity index (χ1) is 6.56. The first kappa shape index (κ1) is 9.64. The van der Waals surface area contributed by atoms with Crippen LogP contribution >= 0.6 is 0 Å². The van der Waals surface area contributed by atoms with Gasteiger partial charge in [-0.25, -0.2) is 4.05 Å². The van der Waals surface area contributed by atoms with Crippen LogP contribution in [0.5, 0.6) is 0 Å². The van der Waals surface area contributed by atoms with Gasteiger partial charge in [0.2, 0.25) is 0 Å². The molecule has 2 rings (SSSR count). The van der Waals surface area contributed by atoms with Gasteiger partial charge in [0, 0.05) is 6.42 Å². The van der Waals surface area contributed by atoms with E-state index in [0.29, 0.717) is 6.42 Å². The maximum absolute atomic E-state index is 11.8. The molecule has 4 nitrogen and oxygen atoms in total. The molecular formula is C9H11NO3S. The van der Waals surface area contributed by atoms with Crippen LogP contribution in [0.25, 0.3) is 0 Å². The van der Waals surface area contributed by atoms with Gasteiger partial charge < -0.3 is 5.21 Å². The van der Waals surface area contributed by atoms with Crippen molar-refractivity contribution in [2.75, 3.05) is 13.1 Å². The summed E-state index contributed by atoms with van der Waals surface area (Å²) in [7, 11) is -3.72. The summed E-state index contributed by atoms with van der Waals surface area (Å²) in [6, 6.07) is 7.90. The van der Waals surface area contributed by atoms with Crippen LogP contribution in [0, 0.1) is 5.21 Å². The average Bonchev–Trinajstić information content (AvgIpc) is 2.15. The molecule has 0 unspecified atom stereocenters. The molecule has 0 amide bonds. The number of hydrogen-bond acceptors (Lipinski definition) is 3. The maximum atomic E-state index is 11.8. The third-order valence-corrected chi connectivity index (χ3v) is 4.59. The summed E-state index contributed by atoms with van der Waals surface area (Å²) < 4.78 is 22.5. The van der Waals surface area contributed by atoms with Crippen LogP contribution in [0.3, 0.4) is 0 Å². The predicted octanol–water partition coefficient (Wildman–Crippen LogP) is 1.09. The summed E-state index contributed by atoms with van der Waals surface area (Å²) in [6.07, 6.45) is 0.690. The minimum atomic E-state index is -3.72. The van der Waals surface area contributed by atoms with Gasteiger partial charge in [0.1, 0.15) is 4.90 Å². The first-order valence-corrected chi connectivity index (χ1v) is 5.89. The van der Waals surface area contributed by atoms with Crippen LogP contribution in [0.15, 0.2) is 35.2 Å². The molecule has 1 fully saturated rings. The molecule has 0 spiro atoms. The summed E-state index contributed by atoms with van der Waals surface area (Å²) >= 11 is 0. The van der Waals surface area contributed by atoms with E-state index in [1.54, 1.807) is 18.2 Å². The van der Waals surface area contributed by atoms with Crippen molar-refractivity contribution in [2.45, 2.75) is 11.3 Å². The second-order valence-corrected chi connectivity index (χ2v) is 5.49. The van der Waals surface area contributed by atoms with Crippen molar-refractivity contribution in [3.63, 3.8) is 0 Å². The van der Waals surface area contributed by atoms with Gasteiger partial charge in [-0.05, 0) is 12.1 Å². The third kappa shape index (κ3) is 1.25. The number of rotatable bonds is 2. The Morgan fingerprint density at radius 1 is 1.14 bits per heavy atom. The molecule has 0 bridgehead atoms. The van der Waals surface area contributed by atoms with Crippen molar-refractivity contribution in [3.05, 3.63) is 35.5 Å². The molecule has 0 N–H and O–H groups in total. The van der Waals surface area contributed by atoms with Crippen LogP contribution < -0.4 is 0 Å². The van der Waals surface area contributed by atoms with Gasteiger partial charge in [0.25, 0.3) is 0 Å². The van der Waals surface area contributed by atoms with Crippen molar-refractivity contribution in [2.24, 2.45) is 0 Å². The highest BCUT2D eigenvalue weighted by atomic mass is 32.2. The number of nitrogens with zero attached hydrogens (tertiary/aromatic N) is 1. The normalized spacial score (nSPS) is 20.1. The SMILES string of the molecule is O=S(=O)(c1ccccc1)[N+]1([O-])CCC1. The summed E-state index contributed by atoms with van der Waals surface area (Å²) in [5.74, 6) is 0. The van der Waals surface area contributed by atoms with Crippen LogP contribution in [0.4, 0.5) is 0 Å². The second-order valence-electron chi connectivity index (χ2n) is 3.40. The van der Waals surface area contributed by atoms with Gasteiger partial charge in [-0.2, -0.15) is 8.42 Å². The molecule has 0 atom stereocenters. The Hall–Kier alpha value is -0.910. The van der Waals surface area contributed by atoms with Gasteiger partial charge in [-0.1, -0.05) is 18.2 Å². The minimum absolute atomic E-state index is 0.120. The van der Waals surface area contributed by atoms with E-state index in [4.69, 9.17) is 0 Å². The quantitative estimate of drug-likeness (QED) is 0.546. The summed E-state index contributed by atoms with van der Waals surface area (Å²) in [5, 5.41) is 11.7. The lowest BCUT2D eigenvalue weighted by atomic mass is 10.3. The van der Waals surface area contributed by atoms with Crippen molar-refractivity contribution in [1.82, 2.24) is 0 Å². The Bertz CT molecular complexity index is 423. The zero-order valence-electron chi connectivity index (χ0n) is 7.59. The molecule has 1 aromatic carbocycles. The number of benzene rings is 1. The summed E-state index contributed by atoms with van der Waals surface area (Å²) in [6.45, 7) is 0.356. The van der Waals surface area contributed by atoms with E-state index in [-0.39, 0.29) is 18.0 Å². The molecular weight excluding hydrogens is 202 g/mol. The van der Waals surface area contributed by atoms with E-state index >= 15 is 0 Å². The van der Waals surface area contributed by atoms with Gasteiger partial charge in [-0.3, -0.25) is 0 Å². The summed E-state index contributed by atoms with van der Waals surface area (Å²) in [5.41, 5.74) is 0. The number of sulfonamides is 1. The molecule has 1 aliphatic heterocycles. The van der Waals surface area contributed by atoms with Crippen LogP contribution in [-0.4, -0.2) is 25.6 Å². The van der Waals surface area contributed by atoms with E-state index in [2.05, 4.69) is 0 Å². The molecule has 5 heteroatoms. The fourth-order valence-electron chi connectivity index (χ4n) is 1.44. The Labute approximate surface area is 83.0 Å². The van der Waals surface area contributed by atoms with E-state index in [9.17, 15) is 13.6 Å². The lowest BCUT2D eigenvalue weighted by Crippen LogP contribution is -2.56. The Balaban J connectivity index is 2.44. The van der Waals surface area contributed by atoms with Crippen molar-refractivity contribution in [1.29, 1.82) is 0 Å². The number of hydroxylamine groups is 2. The molecule has 0 saturated carbocycles. The van der Waals surface area contributed by atoms with Crippen LogP contribution in [0.2, 0.25) is 0 Å². The zero-order chi connectivity index (χ0) is 10.2. The highest BCUT2D eigenvalue weighted by molar-refractivity contribution is 7.86. The van der Waals surface area contributed by atoms with Crippen molar-refractivity contribution >= 4 is 10.0 Å². The van der Waals surface area contributed by atoms with E-state index in [0.717, 1.165) is 0 Å². The topological polar surface area (TPSA) is 57.2 Å². The molecule has 76 valence electrons. The van der Waals surface area contributed by atoms with Gasteiger partial charge in [-0.15, -0.1) is 0 Å². The van der Waals surface area contributed by atoms with Crippen LogP contribution in [0.1, 0.15) is 6.42 Å². The van der Waals surface area contributed by atoms with Gasteiger partial charge >= 0.3 is 10.0 Å². The number of hydrogen-bond donors (Lipinski definition) is 0. The molecule has 14 heavy (non-hydrogen) atoms. The molecule has 0 radical (unpaired) electrons. The smallest absolute Gasteiger partial charge is 0.327 e. The van der Waals surface area contributed by atoms with Crippen molar-refractivity contribution in [3.8, 4) is 0 Å². The molecule has 1 aromatic rings. The van der Waals surface area contributed by atoms with Gasteiger partial charge in [0.05, 0.1) is 13.1 Å². The Kier molecular flexibility index (Phi) is 2.10. The average molecular weight is 213 g/mol.